The average Bonchev–Trinajstić information content (AvgIpc) is 2.14. The van der Waals surface area contributed by atoms with E-state index >= 15 is 0 Å². The Bertz CT molecular complexity index is 377. The Kier molecular flexibility index (Phi) is 3.59. The summed E-state index contributed by atoms with van der Waals surface area (Å²) in [4.78, 5) is 13.9. The van der Waals surface area contributed by atoms with Gasteiger partial charge in [0.1, 0.15) is 6.20 Å². The minimum Gasteiger partial charge on any atom is -0.258 e. The molecule has 74 valence electrons. The van der Waals surface area contributed by atoms with Crippen LogP contribution in [0.2, 0.25) is 0 Å². The van der Waals surface area contributed by atoms with Crippen molar-refractivity contribution in [1.82, 2.24) is 4.98 Å². The Hall–Kier alpha value is -1.42. The Morgan fingerprint density at radius 3 is 2.93 bits per heavy atom. The Balaban J connectivity index is 3.00. The summed E-state index contributed by atoms with van der Waals surface area (Å²) in [7, 11) is 0. The number of hydrogen-bond acceptors (Lipinski definition) is 3. The van der Waals surface area contributed by atoms with E-state index in [0.29, 0.717) is 17.1 Å². The first-order valence-electron chi connectivity index (χ1n) is 3.98. The molecule has 0 atom stereocenters. The first-order chi connectivity index (χ1) is 6.65. The monoisotopic (exact) mass is 212 g/mol. The Labute approximate surface area is 86.4 Å². The van der Waals surface area contributed by atoms with Crippen LogP contribution in [-0.4, -0.2) is 15.8 Å². The normalized spacial score (nSPS) is 10.7. The SMILES string of the molecule is Cc1cc(C=CCCl)ncc1[N+](=O)[O-]. The third-order valence-electron chi connectivity index (χ3n) is 1.68. The largest absolute Gasteiger partial charge is 0.290 e. The molecule has 0 N–H and O–H groups in total. The van der Waals surface area contributed by atoms with E-state index in [1.807, 2.05) is 0 Å². The fraction of sp³-hybridized carbons (Fsp3) is 0.222. The van der Waals surface area contributed by atoms with Gasteiger partial charge in [-0.25, -0.2) is 4.98 Å². The summed E-state index contributed by atoms with van der Waals surface area (Å²) in [5.41, 5.74) is 1.31. The van der Waals surface area contributed by atoms with Crippen LogP contribution >= 0.6 is 11.6 Å². The molecule has 0 aliphatic carbocycles. The van der Waals surface area contributed by atoms with Crippen LogP contribution in [0.4, 0.5) is 5.69 Å². The molecular formula is C9H9ClN2O2. The van der Waals surface area contributed by atoms with Crippen LogP contribution in [0.5, 0.6) is 0 Å². The van der Waals surface area contributed by atoms with E-state index in [1.54, 1.807) is 25.1 Å². The lowest BCUT2D eigenvalue weighted by molar-refractivity contribution is -0.385. The van der Waals surface area contributed by atoms with Crippen molar-refractivity contribution in [3.05, 3.63) is 39.7 Å². The van der Waals surface area contributed by atoms with Crippen LogP contribution in [0.3, 0.4) is 0 Å². The molecule has 1 rings (SSSR count). The zero-order chi connectivity index (χ0) is 10.6. The van der Waals surface area contributed by atoms with Crippen molar-refractivity contribution < 1.29 is 4.92 Å². The number of rotatable bonds is 3. The molecular weight excluding hydrogens is 204 g/mol. The maximum absolute atomic E-state index is 10.5. The quantitative estimate of drug-likeness (QED) is 0.440. The average molecular weight is 213 g/mol. The van der Waals surface area contributed by atoms with Crippen molar-refractivity contribution >= 4 is 23.4 Å². The molecule has 0 fully saturated rings. The molecule has 0 saturated carbocycles. The number of aryl methyl sites for hydroxylation is 1. The van der Waals surface area contributed by atoms with Gasteiger partial charge in [0.15, 0.2) is 0 Å². The number of alkyl halides is 1. The molecule has 0 radical (unpaired) electrons. The zero-order valence-corrected chi connectivity index (χ0v) is 8.36. The van der Waals surface area contributed by atoms with Gasteiger partial charge in [-0.1, -0.05) is 6.08 Å². The molecule has 5 heteroatoms. The molecule has 0 unspecified atom stereocenters. The van der Waals surface area contributed by atoms with Crippen molar-refractivity contribution in [2.45, 2.75) is 6.92 Å². The van der Waals surface area contributed by atoms with Gasteiger partial charge in [0.2, 0.25) is 0 Å². The standard InChI is InChI=1S/C9H9ClN2O2/c1-7-5-8(3-2-4-10)11-6-9(7)12(13)14/h2-3,5-6H,4H2,1H3. The van der Waals surface area contributed by atoms with Crippen LogP contribution in [0.15, 0.2) is 18.3 Å². The van der Waals surface area contributed by atoms with Crippen molar-refractivity contribution in [3.8, 4) is 0 Å². The second-order valence-corrected chi connectivity index (χ2v) is 3.02. The molecule has 1 aromatic heterocycles. The van der Waals surface area contributed by atoms with Crippen LogP contribution < -0.4 is 0 Å². The summed E-state index contributed by atoms with van der Waals surface area (Å²) in [5.74, 6) is 0.401. The maximum atomic E-state index is 10.5. The van der Waals surface area contributed by atoms with Gasteiger partial charge in [-0.2, -0.15) is 0 Å². The van der Waals surface area contributed by atoms with Crippen molar-refractivity contribution in [1.29, 1.82) is 0 Å². The first-order valence-corrected chi connectivity index (χ1v) is 4.52. The summed E-state index contributed by atoms with van der Waals surface area (Å²) < 4.78 is 0. The number of hydrogen-bond donors (Lipinski definition) is 0. The number of nitrogens with zero attached hydrogens (tertiary/aromatic N) is 2. The van der Waals surface area contributed by atoms with Crippen molar-refractivity contribution in [2.75, 3.05) is 5.88 Å². The number of aromatic nitrogens is 1. The number of pyridine rings is 1. The Morgan fingerprint density at radius 1 is 1.71 bits per heavy atom. The lowest BCUT2D eigenvalue weighted by Crippen LogP contribution is -1.93. The van der Waals surface area contributed by atoms with Crippen molar-refractivity contribution in [3.63, 3.8) is 0 Å². The highest BCUT2D eigenvalue weighted by Crippen LogP contribution is 2.16. The molecule has 4 nitrogen and oxygen atoms in total. The molecule has 1 heterocycles. The van der Waals surface area contributed by atoms with E-state index in [1.165, 1.54) is 6.20 Å². The summed E-state index contributed by atoms with van der Waals surface area (Å²) in [5, 5.41) is 10.5. The van der Waals surface area contributed by atoms with Gasteiger partial charge in [0.05, 0.1) is 10.6 Å². The van der Waals surface area contributed by atoms with Crippen molar-refractivity contribution in [2.24, 2.45) is 0 Å². The molecule has 0 aromatic carbocycles. The number of halogens is 1. The minimum absolute atomic E-state index is 0.0352. The van der Waals surface area contributed by atoms with Gasteiger partial charge < -0.3 is 0 Å². The highest BCUT2D eigenvalue weighted by Gasteiger charge is 2.09. The van der Waals surface area contributed by atoms with Crippen LogP contribution in [0, 0.1) is 17.0 Å². The predicted octanol–water partition coefficient (Wildman–Crippen LogP) is 2.55. The molecule has 0 saturated heterocycles. The highest BCUT2D eigenvalue weighted by atomic mass is 35.5. The summed E-state index contributed by atoms with van der Waals surface area (Å²) in [6.07, 6.45) is 4.71. The van der Waals surface area contributed by atoms with E-state index in [0.717, 1.165) is 0 Å². The van der Waals surface area contributed by atoms with Gasteiger partial charge in [0, 0.05) is 11.4 Å². The minimum atomic E-state index is -0.447. The molecule has 0 aliphatic heterocycles. The smallest absolute Gasteiger partial charge is 0.258 e. The van der Waals surface area contributed by atoms with Gasteiger partial charge in [-0.15, -0.1) is 11.6 Å². The zero-order valence-electron chi connectivity index (χ0n) is 7.61. The van der Waals surface area contributed by atoms with E-state index < -0.39 is 4.92 Å². The van der Waals surface area contributed by atoms with Crippen LogP contribution in [0.1, 0.15) is 11.3 Å². The lowest BCUT2D eigenvalue weighted by Gasteiger charge is -1.97. The van der Waals surface area contributed by atoms with E-state index in [9.17, 15) is 10.1 Å². The molecule has 1 aromatic rings. The summed E-state index contributed by atoms with van der Waals surface area (Å²) in [6.45, 7) is 1.68. The fourth-order valence-corrected chi connectivity index (χ4v) is 1.11. The fourth-order valence-electron chi connectivity index (χ4n) is 1.02. The van der Waals surface area contributed by atoms with Crippen LogP contribution in [-0.2, 0) is 0 Å². The lowest BCUT2D eigenvalue weighted by atomic mass is 10.2. The van der Waals surface area contributed by atoms with E-state index in [2.05, 4.69) is 4.98 Å². The summed E-state index contributed by atoms with van der Waals surface area (Å²) in [6, 6.07) is 1.65. The third kappa shape index (κ3) is 2.53. The predicted molar refractivity (Wildman–Crippen MR) is 55.4 cm³/mol. The molecule has 14 heavy (non-hydrogen) atoms. The van der Waals surface area contributed by atoms with Gasteiger partial charge in [-0.3, -0.25) is 10.1 Å². The van der Waals surface area contributed by atoms with Gasteiger partial charge in [0.25, 0.3) is 5.69 Å². The molecule has 0 spiro atoms. The van der Waals surface area contributed by atoms with E-state index in [4.69, 9.17) is 11.6 Å². The Morgan fingerprint density at radius 2 is 2.43 bits per heavy atom. The van der Waals surface area contributed by atoms with Crippen LogP contribution in [0.25, 0.3) is 6.08 Å². The highest BCUT2D eigenvalue weighted by molar-refractivity contribution is 6.19. The second-order valence-electron chi connectivity index (χ2n) is 2.71. The summed E-state index contributed by atoms with van der Waals surface area (Å²) >= 11 is 5.45. The van der Waals surface area contributed by atoms with Gasteiger partial charge >= 0.3 is 0 Å². The maximum Gasteiger partial charge on any atom is 0.290 e. The topological polar surface area (TPSA) is 56.0 Å². The molecule has 0 amide bonds. The second kappa shape index (κ2) is 4.72. The number of allylic oxidation sites excluding steroid dienone is 1. The molecule has 0 aliphatic rings. The molecule has 0 bridgehead atoms. The first kappa shape index (κ1) is 10.7. The third-order valence-corrected chi connectivity index (χ3v) is 1.86. The van der Waals surface area contributed by atoms with E-state index in [-0.39, 0.29) is 5.69 Å². The van der Waals surface area contributed by atoms with Gasteiger partial charge in [-0.05, 0) is 19.1 Å². The number of nitro groups is 1.